The second kappa shape index (κ2) is 19.7. The molecular weight excluding hydrogens is 654 g/mol. The molecule has 51 heavy (non-hydrogen) atoms. The van der Waals surface area contributed by atoms with E-state index in [9.17, 15) is 15.3 Å². The molecule has 3 unspecified atom stereocenters. The first-order valence-electron chi connectivity index (χ1n) is 17.7. The third-order valence-electron chi connectivity index (χ3n) is 7.72. The Kier molecular flexibility index (Phi) is 15.1. The minimum atomic E-state index is -0.515. The summed E-state index contributed by atoms with van der Waals surface area (Å²) in [6, 6.07) is 14.3. The molecule has 0 bridgehead atoms. The van der Waals surface area contributed by atoms with Crippen LogP contribution in [0.1, 0.15) is 80.1 Å². The first kappa shape index (κ1) is 39.1. The average Bonchev–Trinajstić information content (AvgIpc) is 3.08. The molecule has 4 rings (SSSR count). The molecular formula is C39H51N3O9. The number of hydrogen-bond donors (Lipinski definition) is 3. The van der Waals surface area contributed by atoms with Crippen LogP contribution in [0.5, 0.6) is 34.5 Å². The Labute approximate surface area is 300 Å². The van der Waals surface area contributed by atoms with E-state index in [-0.39, 0.29) is 51.4 Å². The lowest BCUT2D eigenvalue weighted by atomic mass is 10.1. The minimum absolute atomic E-state index is 0.0987. The Morgan fingerprint density at radius 3 is 0.980 bits per heavy atom. The molecule has 3 atom stereocenters. The predicted octanol–water partition coefficient (Wildman–Crippen LogP) is 8.61. The minimum Gasteiger partial charge on any atom is -0.507 e. The zero-order chi connectivity index (χ0) is 36.8. The Hall–Kier alpha value is -4.65. The fourth-order valence-corrected chi connectivity index (χ4v) is 4.92. The number of unbranched alkanes of at least 4 members (excludes halogenated alkanes) is 3. The standard InChI is InChI=1S/C39H51N3O9/c1-7-10-19-46-25(4)49-28-13-16-31(34(43)22-28)37-40-38(32-17-14-29(23-35(32)44)50-26(5)47-20-11-8-2)42-39(41-37)33-18-15-30(24-36(33)45)51-27(6)48-21-12-9-3/h13-18,22-27,43-45H,7-12,19-21H2,1-6H3. The maximum atomic E-state index is 11.1. The molecule has 0 radical (unpaired) electrons. The molecule has 0 aliphatic heterocycles. The second-order valence-corrected chi connectivity index (χ2v) is 12.1. The van der Waals surface area contributed by atoms with E-state index >= 15 is 0 Å². The van der Waals surface area contributed by atoms with Gasteiger partial charge in [-0.2, -0.15) is 0 Å². The summed E-state index contributed by atoms with van der Waals surface area (Å²) in [4.78, 5) is 13.9. The first-order valence-corrected chi connectivity index (χ1v) is 17.7. The van der Waals surface area contributed by atoms with Gasteiger partial charge in [-0.05, 0) is 76.4 Å². The van der Waals surface area contributed by atoms with E-state index in [2.05, 4.69) is 35.7 Å². The molecule has 12 nitrogen and oxygen atoms in total. The fourth-order valence-electron chi connectivity index (χ4n) is 4.92. The van der Waals surface area contributed by atoms with Crippen LogP contribution in [0.15, 0.2) is 54.6 Å². The molecule has 0 aliphatic carbocycles. The van der Waals surface area contributed by atoms with Crippen molar-refractivity contribution in [2.45, 2.75) is 98.9 Å². The van der Waals surface area contributed by atoms with Crippen LogP contribution in [0.3, 0.4) is 0 Å². The molecule has 1 heterocycles. The summed E-state index contributed by atoms with van der Waals surface area (Å²) in [5.41, 5.74) is 0.838. The summed E-state index contributed by atoms with van der Waals surface area (Å²) in [6.45, 7) is 13.3. The molecule has 0 saturated heterocycles. The highest BCUT2D eigenvalue weighted by molar-refractivity contribution is 5.74. The first-order chi connectivity index (χ1) is 24.6. The van der Waals surface area contributed by atoms with Crippen molar-refractivity contribution in [1.82, 2.24) is 15.0 Å². The van der Waals surface area contributed by atoms with Gasteiger partial charge in [0.1, 0.15) is 34.5 Å². The normalized spacial score (nSPS) is 13.1. The van der Waals surface area contributed by atoms with Crippen molar-refractivity contribution in [2.24, 2.45) is 0 Å². The largest absolute Gasteiger partial charge is 0.507 e. The monoisotopic (exact) mass is 705 g/mol. The van der Waals surface area contributed by atoms with Crippen molar-refractivity contribution in [3.8, 4) is 68.7 Å². The topological polar surface area (TPSA) is 155 Å². The van der Waals surface area contributed by atoms with Crippen LogP contribution in [-0.2, 0) is 14.2 Å². The van der Waals surface area contributed by atoms with Gasteiger partial charge in [-0.1, -0.05) is 40.0 Å². The molecule has 3 aromatic carbocycles. The maximum absolute atomic E-state index is 11.1. The Bertz CT molecular complexity index is 1480. The van der Waals surface area contributed by atoms with Crippen LogP contribution in [0.4, 0.5) is 0 Å². The molecule has 0 fully saturated rings. The number of ether oxygens (including phenoxy) is 6. The summed E-state index contributed by atoms with van der Waals surface area (Å²) in [7, 11) is 0. The van der Waals surface area contributed by atoms with Crippen molar-refractivity contribution < 1.29 is 43.7 Å². The highest BCUT2D eigenvalue weighted by atomic mass is 16.7. The molecule has 4 aromatic rings. The van der Waals surface area contributed by atoms with E-state index in [4.69, 9.17) is 28.4 Å². The molecule has 3 N–H and O–H groups in total. The van der Waals surface area contributed by atoms with Crippen molar-refractivity contribution in [3.05, 3.63) is 54.6 Å². The average molecular weight is 706 g/mol. The number of nitrogens with zero attached hydrogens (tertiary/aromatic N) is 3. The lowest BCUT2D eigenvalue weighted by molar-refractivity contribution is -0.0677. The van der Waals surface area contributed by atoms with Gasteiger partial charge >= 0.3 is 0 Å². The molecule has 0 spiro atoms. The van der Waals surface area contributed by atoms with Gasteiger partial charge in [0.2, 0.25) is 0 Å². The van der Waals surface area contributed by atoms with Crippen molar-refractivity contribution in [3.63, 3.8) is 0 Å². The van der Waals surface area contributed by atoms with Crippen molar-refractivity contribution in [2.75, 3.05) is 19.8 Å². The van der Waals surface area contributed by atoms with Gasteiger partial charge in [0.15, 0.2) is 36.3 Å². The summed E-state index contributed by atoms with van der Waals surface area (Å²) in [6.07, 6.45) is 4.21. The van der Waals surface area contributed by atoms with Crippen LogP contribution in [-0.4, -0.2) is 69.0 Å². The predicted molar refractivity (Wildman–Crippen MR) is 194 cm³/mol. The van der Waals surface area contributed by atoms with Crippen molar-refractivity contribution >= 4 is 0 Å². The molecule has 1 aromatic heterocycles. The van der Waals surface area contributed by atoms with Gasteiger partial charge < -0.3 is 43.7 Å². The lowest BCUT2D eigenvalue weighted by Crippen LogP contribution is -2.17. The van der Waals surface area contributed by atoms with Gasteiger partial charge in [-0.15, -0.1) is 0 Å². The van der Waals surface area contributed by atoms with Gasteiger partial charge in [-0.3, -0.25) is 0 Å². The second-order valence-electron chi connectivity index (χ2n) is 12.1. The number of aromatic nitrogens is 3. The third kappa shape index (κ3) is 11.7. The Morgan fingerprint density at radius 1 is 0.471 bits per heavy atom. The van der Waals surface area contributed by atoms with Gasteiger partial charge in [-0.25, -0.2) is 15.0 Å². The number of hydrogen-bond acceptors (Lipinski definition) is 12. The molecule has 0 saturated carbocycles. The molecule has 0 amide bonds. The Balaban J connectivity index is 1.69. The van der Waals surface area contributed by atoms with Crippen molar-refractivity contribution in [1.29, 1.82) is 0 Å². The van der Waals surface area contributed by atoms with E-state index < -0.39 is 18.9 Å². The quantitative estimate of drug-likeness (QED) is 0.0561. The number of aromatic hydroxyl groups is 3. The molecule has 0 aliphatic rings. The summed E-state index contributed by atoms with van der Waals surface area (Å²) >= 11 is 0. The van der Waals surface area contributed by atoms with E-state index in [1.807, 2.05) is 0 Å². The summed E-state index contributed by atoms with van der Waals surface area (Å²) in [5.74, 6) is 1.06. The van der Waals surface area contributed by atoms with Crippen LogP contribution in [0.2, 0.25) is 0 Å². The van der Waals surface area contributed by atoms with Gasteiger partial charge in [0.05, 0.1) is 36.5 Å². The summed E-state index contributed by atoms with van der Waals surface area (Å²) in [5, 5.41) is 33.4. The smallest absolute Gasteiger partial charge is 0.196 e. The van der Waals surface area contributed by atoms with Crippen LogP contribution in [0.25, 0.3) is 34.2 Å². The number of benzene rings is 3. The van der Waals surface area contributed by atoms with Crippen LogP contribution >= 0.6 is 0 Å². The highest BCUT2D eigenvalue weighted by Crippen LogP contribution is 2.38. The SMILES string of the molecule is CCCCOC(C)Oc1ccc(-c2nc(-c3ccc(OC(C)OCCCC)cc3O)nc(-c3ccc(OC(C)OCCCC)cc3O)n2)c(O)c1. The zero-order valence-corrected chi connectivity index (χ0v) is 30.4. The third-order valence-corrected chi connectivity index (χ3v) is 7.72. The highest BCUT2D eigenvalue weighted by Gasteiger charge is 2.20. The van der Waals surface area contributed by atoms with Crippen LogP contribution in [0, 0.1) is 0 Å². The zero-order valence-electron chi connectivity index (χ0n) is 30.4. The van der Waals surface area contributed by atoms with E-state index in [0.29, 0.717) is 37.1 Å². The van der Waals surface area contributed by atoms with Gasteiger partial charge in [0, 0.05) is 18.2 Å². The van der Waals surface area contributed by atoms with Gasteiger partial charge in [0.25, 0.3) is 0 Å². The van der Waals surface area contributed by atoms with E-state index in [0.717, 1.165) is 38.5 Å². The van der Waals surface area contributed by atoms with Crippen LogP contribution < -0.4 is 14.2 Å². The lowest BCUT2D eigenvalue weighted by Gasteiger charge is -2.17. The summed E-state index contributed by atoms with van der Waals surface area (Å²) < 4.78 is 34.6. The molecule has 12 heteroatoms. The molecule has 276 valence electrons. The Morgan fingerprint density at radius 2 is 0.745 bits per heavy atom. The number of phenolic OH excluding ortho intramolecular Hbond substituents is 3. The van der Waals surface area contributed by atoms with E-state index in [1.54, 1.807) is 57.2 Å². The fraction of sp³-hybridized carbons (Fsp3) is 0.462. The van der Waals surface area contributed by atoms with E-state index in [1.165, 1.54) is 18.2 Å². The number of rotatable bonds is 21. The maximum Gasteiger partial charge on any atom is 0.196 e. The number of phenols is 3.